The van der Waals surface area contributed by atoms with Gasteiger partial charge in [-0.2, -0.15) is 18.3 Å². The maximum absolute atomic E-state index is 14.0. The van der Waals surface area contributed by atoms with Crippen LogP contribution in [0.25, 0.3) is 0 Å². The number of thiocarbonyl (C=S) groups is 1. The lowest BCUT2D eigenvalue weighted by Gasteiger charge is -2.33. The number of alkyl halides is 3. The molecule has 0 saturated heterocycles. The molecule has 4 rings (SSSR count). The fourth-order valence-corrected chi connectivity index (χ4v) is 4.26. The second-order valence-electron chi connectivity index (χ2n) is 8.97. The Labute approximate surface area is 212 Å². The first-order valence-electron chi connectivity index (χ1n) is 11.4. The highest BCUT2D eigenvalue weighted by Crippen LogP contribution is 2.43. The van der Waals surface area contributed by atoms with Gasteiger partial charge < -0.3 is 10.6 Å². The zero-order valence-electron chi connectivity index (χ0n) is 20.2. The number of amides is 1. The van der Waals surface area contributed by atoms with E-state index >= 15 is 0 Å². The first kappa shape index (κ1) is 25.5. The van der Waals surface area contributed by atoms with E-state index in [9.17, 15) is 18.0 Å². The lowest BCUT2D eigenvalue weighted by molar-refractivity contribution is -0.173. The fourth-order valence-electron chi connectivity index (χ4n) is 4.10. The number of hydrogen-bond acceptors (Lipinski definition) is 4. The highest BCUT2D eigenvalue weighted by molar-refractivity contribution is 7.80. The summed E-state index contributed by atoms with van der Waals surface area (Å²) in [5.74, 6) is -0.597. The molecule has 2 aromatic carbocycles. The van der Waals surface area contributed by atoms with Gasteiger partial charge in [0.25, 0.3) is 5.91 Å². The first-order valence-corrected chi connectivity index (χ1v) is 11.8. The maximum atomic E-state index is 14.0. The number of aryl methyl sites for hydroxylation is 3. The molecule has 2 atom stereocenters. The standard InChI is InChI=1S/C25H27F3N6OS/c1-13-8-9-17(10-15(13)3)19-11-21(25(26,27)28)34-22(29-19)12-20(33-34)23(35)31-32-24(36)30-18-7-5-6-14(2)16(18)4/h5-10,12,19,21,29H,11H2,1-4H3,(H,31,35)(H2,30,32,36)/t19-,21-/m1/s1. The van der Waals surface area contributed by atoms with Crippen molar-refractivity contribution < 1.29 is 18.0 Å². The number of anilines is 2. The van der Waals surface area contributed by atoms with E-state index in [4.69, 9.17) is 12.2 Å². The second-order valence-corrected chi connectivity index (χ2v) is 9.38. The van der Waals surface area contributed by atoms with Crippen LogP contribution in [-0.2, 0) is 0 Å². The van der Waals surface area contributed by atoms with Crippen LogP contribution in [0.1, 0.15) is 56.8 Å². The van der Waals surface area contributed by atoms with Crippen molar-refractivity contribution in [3.63, 3.8) is 0 Å². The highest BCUT2D eigenvalue weighted by Gasteiger charge is 2.46. The molecule has 0 aliphatic carbocycles. The fraction of sp³-hybridized carbons (Fsp3) is 0.320. The van der Waals surface area contributed by atoms with Gasteiger partial charge in [0.1, 0.15) is 5.82 Å². The number of benzene rings is 2. The molecule has 3 aromatic rings. The summed E-state index contributed by atoms with van der Waals surface area (Å²) < 4.78 is 42.7. The molecular weight excluding hydrogens is 489 g/mol. The minimum Gasteiger partial charge on any atom is -0.363 e. The molecule has 7 nitrogen and oxygen atoms in total. The van der Waals surface area contributed by atoms with Crippen LogP contribution in [0.3, 0.4) is 0 Å². The maximum Gasteiger partial charge on any atom is 0.410 e. The Hall–Kier alpha value is -3.60. The number of fused-ring (bicyclic) bond motifs is 1. The van der Waals surface area contributed by atoms with E-state index < -0.39 is 24.2 Å². The van der Waals surface area contributed by atoms with E-state index in [-0.39, 0.29) is 23.0 Å². The Balaban J connectivity index is 1.49. The molecule has 1 amide bonds. The van der Waals surface area contributed by atoms with E-state index in [1.165, 1.54) is 6.07 Å². The summed E-state index contributed by atoms with van der Waals surface area (Å²) in [6.45, 7) is 7.77. The lowest BCUT2D eigenvalue weighted by atomic mass is 9.94. The molecule has 1 aromatic heterocycles. The quantitative estimate of drug-likeness (QED) is 0.275. The summed E-state index contributed by atoms with van der Waals surface area (Å²) in [6.07, 6.45) is -4.78. The van der Waals surface area contributed by atoms with Gasteiger partial charge in [0.15, 0.2) is 16.8 Å². The Morgan fingerprint density at radius 2 is 1.81 bits per heavy atom. The third-order valence-corrected chi connectivity index (χ3v) is 6.70. The van der Waals surface area contributed by atoms with Crippen molar-refractivity contribution in [3.05, 3.63) is 76.0 Å². The molecule has 0 fully saturated rings. The summed E-state index contributed by atoms with van der Waals surface area (Å²) in [7, 11) is 0. The van der Waals surface area contributed by atoms with E-state index in [1.807, 2.05) is 64.1 Å². The Kier molecular flexibility index (Phi) is 6.94. The van der Waals surface area contributed by atoms with Crippen molar-refractivity contribution in [2.45, 2.75) is 52.4 Å². The summed E-state index contributed by atoms with van der Waals surface area (Å²) in [4.78, 5) is 12.7. The molecule has 1 aliphatic heterocycles. The van der Waals surface area contributed by atoms with Crippen LogP contribution in [0.15, 0.2) is 42.5 Å². The highest BCUT2D eigenvalue weighted by atomic mass is 32.1. The van der Waals surface area contributed by atoms with Crippen LogP contribution >= 0.6 is 12.2 Å². The van der Waals surface area contributed by atoms with Crippen molar-refractivity contribution in [2.24, 2.45) is 0 Å². The summed E-state index contributed by atoms with van der Waals surface area (Å²) in [5.41, 5.74) is 10.4. The number of rotatable bonds is 3. The van der Waals surface area contributed by atoms with Crippen LogP contribution in [0.4, 0.5) is 24.7 Å². The largest absolute Gasteiger partial charge is 0.410 e. The van der Waals surface area contributed by atoms with E-state index in [0.717, 1.165) is 38.2 Å². The second kappa shape index (κ2) is 9.81. The summed E-state index contributed by atoms with van der Waals surface area (Å²) >= 11 is 5.23. The zero-order valence-corrected chi connectivity index (χ0v) is 21.1. The SMILES string of the molecule is Cc1ccc([C@H]2C[C@H](C(F)(F)F)n3nc(C(=O)NNC(=S)Nc4cccc(C)c4C)cc3N2)cc1C. The molecule has 0 spiro atoms. The number of carbonyl (C=O) groups excluding carboxylic acids is 1. The van der Waals surface area contributed by atoms with Gasteiger partial charge in [-0.05, 0) is 73.8 Å². The van der Waals surface area contributed by atoms with Gasteiger partial charge in [-0.3, -0.25) is 15.6 Å². The van der Waals surface area contributed by atoms with Gasteiger partial charge >= 0.3 is 6.18 Å². The van der Waals surface area contributed by atoms with Gasteiger partial charge in [0.2, 0.25) is 0 Å². The number of halogens is 3. The molecule has 190 valence electrons. The van der Waals surface area contributed by atoms with Gasteiger partial charge in [0, 0.05) is 18.2 Å². The Bertz CT molecular complexity index is 1320. The minimum atomic E-state index is -4.54. The topological polar surface area (TPSA) is 83.0 Å². The number of hydrogen-bond donors (Lipinski definition) is 4. The predicted molar refractivity (Wildman–Crippen MR) is 137 cm³/mol. The average molecular weight is 517 g/mol. The molecule has 1 aliphatic rings. The first-order chi connectivity index (χ1) is 16.9. The van der Waals surface area contributed by atoms with E-state index in [1.54, 1.807) is 0 Å². The molecule has 0 unspecified atom stereocenters. The molecule has 36 heavy (non-hydrogen) atoms. The van der Waals surface area contributed by atoms with Gasteiger partial charge in [-0.1, -0.05) is 30.3 Å². The Morgan fingerprint density at radius 1 is 1.06 bits per heavy atom. The molecule has 0 saturated carbocycles. The monoisotopic (exact) mass is 516 g/mol. The Morgan fingerprint density at radius 3 is 2.50 bits per heavy atom. The molecule has 11 heteroatoms. The number of aromatic nitrogens is 2. The number of carbonyl (C=O) groups is 1. The molecule has 0 radical (unpaired) electrons. The number of nitrogens with one attached hydrogen (secondary N) is 4. The number of hydrazine groups is 1. The van der Waals surface area contributed by atoms with Crippen molar-refractivity contribution >= 4 is 34.7 Å². The van der Waals surface area contributed by atoms with Crippen molar-refractivity contribution in [2.75, 3.05) is 10.6 Å². The van der Waals surface area contributed by atoms with Crippen molar-refractivity contribution in [3.8, 4) is 0 Å². The predicted octanol–water partition coefficient (Wildman–Crippen LogP) is 5.41. The number of nitrogens with zero attached hydrogens (tertiary/aromatic N) is 2. The van der Waals surface area contributed by atoms with Crippen LogP contribution in [-0.4, -0.2) is 27.0 Å². The molecule has 4 N–H and O–H groups in total. The van der Waals surface area contributed by atoms with E-state index in [0.29, 0.717) is 0 Å². The average Bonchev–Trinajstić information content (AvgIpc) is 3.25. The van der Waals surface area contributed by atoms with Crippen LogP contribution in [0.5, 0.6) is 0 Å². The van der Waals surface area contributed by atoms with Crippen LogP contribution in [0, 0.1) is 27.7 Å². The minimum absolute atomic E-state index is 0.119. The zero-order chi connectivity index (χ0) is 26.2. The molecule has 2 heterocycles. The van der Waals surface area contributed by atoms with Gasteiger partial charge in [0.05, 0.1) is 6.04 Å². The summed E-state index contributed by atoms with van der Waals surface area (Å²) in [5, 5.41) is 10.2. The summed E-state index contributed by atoms with van der Waals surface area (Å²) in [6, 6.07) is 10.1. The van der Waals surface area contributed by atoms with Crippen LogP contribution in [0.2, 0.25) is 0 Å². The van der Waals surface area contributed by atoms with Crippen LogP contribution < -0.4 is 21.5 Å². The third kappa shape index (κ3) is 5.30. The van der Waals surface area contributed by atoms with Gasteiger partial charge in [-0.25, -0.2) is 4.68 Å². The van der Waals surface area contributed by atoms with Crippen molar-refractivity contribution in [1.82, 2.24) is 20.6 Å². The third-order valence-electron chi connectivity index (χ3n) is 6.50. The van der Waals surface area contributed by atoms with Crippen molar-refractivity contribution in [1.29, 1.82) is 0 Å². The van der Waals surface area contributed by atoms with E-state index in [2.05, 4.69) is 26.6 Å². The van der Waals surface area contributed by atoms with Gasteiger partial charge in [-0.15, -0.1) is 0 Å². The molecular formula is C25H27F3N6OS. The normalized spacial score (nSPS) is 17.1. The molecule has 0 bridgehead atoms. The lowest BCUT2D eigenvalue weighted by Crippen LogP contribution is -2.44. The smallest absolute Gasteiger partial charge is 0.363 e.